The van der Waals surface area contributed by atoms with Crippen molar-refractivity contribution >= 4 is 38.4 Å². The number of rotatable bonds is 0. The summed E-state index contributed by atoms with van der Waals surface area (Å²) in [4.78, 5) is 4.29. The number of fused-ring (bicyclic) bond motifs is 1. The Morgan fingerprint density at radius 2 is 1.93 bits per heavy atom. The Hall–Kier alpha value is -0.600. The van der Waals surface area contributed by atoms with Gasteiger partial charge in [-0.25, -0.2) is 0 Å². The first-order chi connectivity index (χ1) is 7.18. The largest absolute Gasteiger partial charge is 0.256 e. The van der Waals surface area contributed by atoms with Gasteiger partial charge in [-0.3, -0.25) is 4.98 Å². The standard InChI is InChI=1S/C10H7BrClN.C2H6/c1-6-5-13-9-4-7(11)2-3-8(9)10(6)12;1-2/h2-5H,1H3;1-2H3. The summed E-state index contributed by atoms with van der Waals surface area (Å²) < 4.78 is 1.02. The van der Waals surface area contributed by atoms with Gasteiger partial charge >= 0.3 is 0 Å². The van der Waals surface area contributed by atoms with Crippen LogP contribution in [0.1, 0.15) is 19.4 Å². The fraction of sp³-hybridized carbons (Fsp3) is 0.250. The molecule has 0 spiro atoms. The smallest absolute Gasteiger partial charge is 0.0728 e. The molecule has 0 saturated heterocycles. The first-order valence-corrected chi connectivity index (χ1v) is 6.06. The number of hydrogen-bond acceptors (Lipinski definition) is 1. The van der Waals surface area contributed by atoms with E-state index in [0.717, 1.165) is 26.0 Å². The third-order valence-electron chi connectivity index (χ3n) is 1.94. The molecule has 15 heavy (non-hydrogen) atoms. The summed E-state index contributed by atoms with van der Waals surface area (Å²) in [5.74, 6) is 0. The molecule has 2 rings (SSSR count). The van der Waals surface area contributed by atoms with Crippen molar-refractivity contribution in [3.05, 3.63) is 39.5 Å². The second kappa shape index (κ2) is 5.47. The van der Waals surface area contributed by atoms with E-state index < -0.39 is 0 Å². The number of hydrogen-bond donors (Lipinski definition) is 0. The highest BCUT2D eigenvalue weighted by Gasteiger charge is 2.02. The SMILES string of the molecule is CC.Cc1cnc2cc(Br)ccc2c1Cl. The quantitative estimate of drug-likeness (QED) is 0.665. The van der Waals surface area contributed by atoms with Gasteiger partial charge in [-0.15, -0.1) is 0 Å². The lowest BCUT2D eigenvalue weighted by Gasteiger charge is -2.02. The van der Waals surface area contributed by atoms with Crippen LogP contribution in [0.4, 0.5) is 0 Å². The molecule has 0 amide bonds. The molecule has 0 fully saturated rings. The molecule has 0 bridgehead atoms. The molecule has 1 aromatic carbocycles. The molecule has 1 aromatic heterocycles. The minimum absolute atomic E-state index is 0.789. The summed E-state index contributed by atoms with van der Waals surface area (Å²) in [6.07, 6.45) is 1.79. The number of halogens is 2. The van der Waals surface area contributed by atoms with Gasteiger partial charge < -0.3 is 0 Å². The van der Waals surface area contributed by atoms with Crippen LogP contribution in [0, 0.1) is 6.92 Å². The van der Waals surface area contributed by atoms with Crippen LogP contribution in [0.3, 0.4) is 0 Å². The predicted molar refractivity (Wildman–Crippen MR) is 70.5 cm³/mol. The van der Waals surface area contributed by atoms with Gasteiger partial charge in [0.2, 0.25) is 0 Å². The van der Waals surface area contributed by atoms with Crippen LogP contribution in [-0.4, -0.2) is 4.98 Å². The van der Waals surface area contributed by atoms with E-state index in [-0.39, 0.29) is 0 Å². The predicted octanol–water partition coefficient (Wildman–Crippen LogP) is 4.99. The fourth-order valence-electron chi connectivity index (χ4n) is 1.23. The molecule has 0 aliphatic heterocycles. The first kappa shape index (κ1) is 12.5. The van der Waals surface area contributed by atoms with Gasteiger partial charge in [-0.05, 0) is 24.6 Å². The molecule has 1 heterocycles. The van der Waals surface area contributed by atoms with Crippen molar-refractivity contribution in [3.8, 4) is 0 Å². The summed E-state index contributed by atoms with van der Waals surface area (Å²) in [7, 11) is 0. The maximum Gasteiger partial charge on any atom is 0.0728 e. The zero-order chi connectivity index (χ0) is 11.4. The van der Waals surface area contributed by atoms with Gasteiger partial charge in [0, 0.05) is 16.1 Å². The van der Waals surface area contributed by atoms with Gasteiger partial charge in [0.1, 0.15) is 0 Å². The monoisotopic (exact) mass is 285 g/mol. The molecule has 3 heteroatoms. The first-order valence-electron chi connectivity index (χ1n) is 4.89. The van der Waals surface area contributed by atoms with Crippen LogP contribution in [0.25, 0.3) is 10.9 Å². The van der Waals surface area contributed by atoms with Crippen LogP contribution in [0.15, 0.2) is 28.9 Å². The molecule has 0 aliphatic carbocycles. The van der Waals surface area contributed by atoms with Crippen molar-refractivity contribution in [1.82, 2.24) is 4.98 Å². The highest BCUT2D eigenvalue weighted by Crippen LogP contribution is 2.26. The average molecular weight is 287 g/mol. The van der Waals surface area contributed by atoms with Crippen molar-refractivity contribution in [1.29, 1.82) is 0 Å². The minimum Gasteiger partial charge on any atom is -0.256 e. The Morgan fingerprint density at radius 3 is 2.60 bits per heavy atom. The topological polar surface area (TPSA) is 12.9 Å². The lowest BCUT2D eigenvalue weighted by Crippen LogP contribution is -1.83. The third kappa shape index (κ3) is 2.70. The van der Waals surface area contributed by atoms with Crippen molar-refractivity contribution in [2.75, 3.05) is 0 Å². The van der Waals surface area contributed by atoms with Gasteiger partial charge in [-0.2, -0.15) is 0 Å². The van der Waals surface area contributed by atoms with Crippen molar-refractivity contribution < 1.29 is 0 Å². The van der Waals surface area contributed by atoms with Crippen LogP contribution >= 0.6 is 27.5 Å². The van der Waals surface area contributed by atoms with Crippen LogP contribution in [0.5, 0.6) is 0 Å². The van der Waals surface area contributed by atoms with E-state index in [2.05, 4.69) is 20.9 Å². The van der Waals surface area contributed by atoms with E-state index in [4.69, 9.17) is 11.6 Å². The fourth-order valence-corrected chi connectivity index (χ4v) is 1.79. The van der Waals surface area contributed by atoms with Gasteiger partial charge in [0.15, 0.2) is 0 Å². The molecule has 0 N–H and O–H groups in total. The number of aromatic nitrogens is 1. The van der Waals surface area contributed by atoms with Crippen molar-refractivity contribution in [2.24, 2.45) is 0 Å². The van der Waals surface area contributed by atoms with Crippen LogP contribution < -0.4 is 0 Å². The summed E-state index contributed by atoms with van der Waals surface area (Å²) >= 11 is 9.52. The Morgan fingerprint density at radius 1 is 1.27 bits per heavy atom. The molecular weight excluding hydrogens is 273 g/mol. The molecule has 0 aliphatic rings. The highest BCUT2D eigenvalue weighted by atomic mass is 79.9. The lowest BCUT2D eigenvalue weighted by molar-refractivity contribution is 1.33. The van der Waals surface area contributed by atoms with E-state index in [0.29, 0.717) is 0 Å². The number of benzene rings is 1. The van der Waals surface area contributed by atoms with Crippen LogP contribution in [-0.2, 0) is 0 Å². The van der Waals surface area contributed by atoms with Gasteiger partial charge in [0.25, 0.3) is 0 Å². The zero-order valence-electron chi connectivity index (χ0n) is 9.01. The maximum atomic E-state index is 6.12. The summed E-state index contributed by atoms with van der Waals surface area (Å²) in [6.45, 7) is 5.96. The molecular formula is C12H13BrClN. The van der Waals surface area contributed by atoms with Crippen molar-refractivity contribution in [2.45, 2.75) is 20.8 Å². The number of aryl methyl sites for hydroxylation is 1. The van der Waals surface area contributed by atoms with Gasteiger partial charge in [0.05, 0.1) is 10.5 Å². The lowest BCUT2D eigenvalue weighted by atomic mass is 10.2. The number of nitrogens with zero attached hydrogens (tertiary/aromatic N) is 1. The number of pyridine rings is 1. The molecule has 0 atom stereocenters. The van der Waals surface area contributed by atoms with E-state index in [1.807, 2.05) is 39.0 Å². The second-order valence-electron chi connectivity index (χ2n) is 2.92. The maximum absolute atomic E-state index is 6.12. The molecule has 0 unspecified atom stereocenters. The molecule has 2 aromatic rings. The molecule has 0 radical (unpaired) electrons. The van der Waals surface area contributed by atoms with E-state index in [1.165, 1.54) is 0 Å². The average Bonchev–Trinajstić information content (AvgIpc) is 2.26. The van der Waals surface area contributed by atoms with E-state index in [9.17, 15) is 0 Å². The van der Waals surface area contributed by atoms with Crippen molar-refractivity contribution in [3.63, 3.8) is 0 Å². The summed E-state index contributed by atoms with van der Waals surface area (Å²) in [5.41, 5.74) is 1.93. The zero-order valence-corrected chi connectivity index (χ0v) is 11.4. The Kier molecular flexibility index (Phi) is 4.55. The van der Waals surface area contributed by atoms with Crippen LogP contribution in [0.2, 0.25) is 5.02 Å². The normalized spacial score (nSPS) is 9.67. The highest BCUT2D eigenvalue weighted by molar-refractivity contribution is 9.10. The van der Waals surface area contributed by atoms with Gasteiger partial charge in [-0.1, -0.05) is 47.4 Å². The van der Waals surface area contributed by atoms with E-state index in [1.54, 1.807) is 6.20 Å². The minimum atomic E-state index is 0.789. The molecule has 80 valence electrons. The summed E-state index contributed by atoms with van der Waals surface area (Å²) in [5, 5.41) is 1.79. The molecule has 0 saturated carbocycles. The summed E-state index contributed by atoms with van der Waals surface area (Å²) in [6, 6.07) is 5.90. The Bertz CT molecular complexity index is 468. The second-order valence-corrected chi connectivity index (χ2v) is 4.21. The Labute approximate surface area is 104 Å². The van der Waals surface area contributed by atoms with E-state index >= 15 is 0 Å². The molecule has 1 nitrogen and oxygen atoms in total. The Balaban J connectivity index is 0.000000531. The third-order valence-corrected chi connectivity index (χ3v) is 2.93.